The van der Waals surface area contributed by atoms with Crippen LogP contribution in [0.15, 0.2) is 61.3 Å². The molecule has 3 aromatic rings. The number of pyridine rings is 2. The Kier molecular flexibility index (Phi) is 5.75. The minimum Gasteiger partial charge on any atom is -0.473 e. The van der Waals surface area contributed by atoms with Gasteiger partial charge in [-0.25, -0.2) is 4.98 Å². The topological polar surface area (TPSA) is 47.0 Å². The van der Waals surface area contributed by atoms with E-state index in [2.05, 4.69) is 47.0 Å². The number of hydrogen-bond donors (Lipinski definition) is 1. The number of aryl methyl sites for hydroxylation is 1. The lowest BCUT2D eigenvalue weighted by molar-refractivity contribution is 0.344. The summed E-state index contributed by atoms with van der Waals surface area (Å²) < 4.78 is 5.76. The molecule has 1 N–H and O–H groups in total. The number of rotatable bonds is 8. The fourth-order valence-corrected chi connectivity index (χ4v) is 2.70. The van der Waals surface area contributed by atoms with Crippen molar-refractivity contribution in [2.75, 3.05) is 13.2 Å². The Morgan fingerprint density at radius 1 is 1.20 bits per heavy atom. The third kappa shape index (κ3) is 4.64. The maximum Gasteiger partial charge on any atom is 0.218 e. The van der Waals surface area contributed by atoms with Gasteiger partial charge in [-0.05, 0) is 37.3 Å². The Labute approximate surface area is 148 Å². The van der Waals surface area contributed by atoms with Gasteiger partial charge in [0, 0.05) is 42.4 Å². The summed E-state index contributed by atoms with van der Waals surface area (Å²) in [5.41, 5.74) is 4.32. The molecule has 0 spiro atoms. The number of ether oxygens (including phenoxy) is 1. The van der Waals surface area contributed by atoms with Gasteiger partial charge in [-0.1, -0.05) is 30.4 Å². The third-order valence-electron chi connectivity index (χ3n) is 3.95. The fourth-order valence-electron chi connectivity index (χ4n) is 2.70. The largest absolute Gasteiger partial charge is 0.473 e. The molecule has 0 radical (unpaired) electrons. The Balaban J connectivity index is 1.72. The van der Waals surface area contributed by atoms with Crippen LogP contribution in [0.25, 0.3) is 10.9 Å². The lowest BCUT2D eigenvalue weighted by Crippen LogP contribution is -2.18. The van der Waals surface area contributed by atoms with Gasteiger partial charge in [0.2, 0.25) is 5.88 Å². The molecule has 0 atom stereocenters. The second-order valence-corrected chi connectivity index (χ2v) is 6.00. The highest BCUT2D eigenvalue weighted by Crippen LogP contribution is 2.23. The Morgan fingerprint density at radius 3 is 2.92 bits per heavy atom. The molecular formula is C21H23N3O. The summed E-state index contributed by atoms with van der Waals surface area (Å²) in [6.45, 7) is 7.81. The first kappa shape index (κ1) is 17.1. The average Bonchev–Trinajstić information content (AvgIpc) is 2.64. The van der Waals surface area contributed by atoms with Gasteiger partial charge in [0.1, 0.15) is 6.61 Å². The number of nitrogens with one attached hydrogen (secondary N) is 1. The van der Waals surface area contributed by atoms with Gasteiger partial charge in [0.05, 0.1) is 5.52 Å². The minimum absolute atomic E-state index is 0.450. The van der Waals surface area contributed by atoms with E-state index in [1.807, 2.05) is 30.5 Å². The SMILES string of the molecule is C=CCOc1nc2ccc(C)cc2cc1CNCCc1ccccn1. The van der Waals surface area contributed by atoms with E-state index >= 15 is 0 Å². The van der Waals surface area contributed by atoms with Crippen molar-refractivity contribution in [3.63, 3.8) is 0 Å². The van der Waals surface area contributed by atoms with E-state index in [4.69, 9.17) is 4.74 Å². The van der Waals surface area contributed by atoms with E-state index in [0.29, 0.717) is 19.0 Å². The Morgan fingerprint density at radius 2 is 2.12 bits per heavy atom. The van der Waals surface area contributed by atoms with E-state index in [0.717, 1.165) is 35.1 Å². The highest BCUT2D eigenvalue weighted by molar-refractivity contribution is 5.80. The number of nitrogens with zero attached hydrogens (tertiary/aromatic N) is 2. The van der Waals surface area contributed by atoms with Gasteiger partial charge in [0.25, 0.3) is 0 Å². The van der Waals surface area contributed by atoms with Crippen molar-refractivity contribution in [2.24, 2.45) is 0 Å². The van der Waals surface area contributed by atoms with Crippen LogP contribution in [-0.4, -0.2) is 23.1 Å². The summed E-state index contributed by atoms with van der Waals surface area (Å²) in [5.74, 6) is 0.668. The van der Waals surface area contributed by atoms with Gasteiger partial charge >= 0.3 is 0 Å². The predicted octanol–water partition coefficient (Wildman–Crippen LogP) is 3.84. The molecule has 2 aromatic heterocycles. The zero-order valence-corrected chi connectivity index (χ0v) is 14.5. The second kappa shape index (κ2) is 8.40. The molecule has 0 aliphatic heterocycles. The van der Waals surface area contributed by atoms with E-state index in [1.54, 1.807) is 6.08 Å². The standard InChI is InChI=1S/C21H23N3O/c1-3-12-25-21-18(14-17-13-16(2)7-8-20(17)24-21)15-22-11-9-19-6-4-5-10-23-19/h3-8,10,13-14,22H,1,9,11-12,15H2,2H3. The normalized spacial score (nSPS) is 10.8. The molecule has 0 fully saturated rings. The van der Waals surface area contributed by atoms with Crippen molar-refractivity contribution in [2.45, 2.75) is 19.9 Å². The van der Waals surface area contributed by atoms with Gasteiger partial charge in [-0.3, -0.25) is 4.98 Å². The highest BCUT2D eigenvalue weighted by Gasteiger charge is 2.08. The van der Waals surface area contributed by atoms with Crippen LogP contribution < -0.4 is 10.1 Å². The molecule has 128 valence electrons. The summed E-state index contributed by atoms with van der Waals surface area (Å²) in [6.07, 6.45) is 4.45. The van der Waals surface area contributed by atoms with Crippen molar-refractivity contribution < 1.29 is 4.74 Å². The molecule has 0 unspecified atom stereocenters. The zero-order chi connectivity index (χ0) is 17.5. The highest BCUT2D eigenvalue weighted by atomic mass is 16.5. The van der Waals surface area contributed by atoms with Gasteiger partial charge in [-0.2, -0.15) is 0 Å². The Bertz CT molecular complexity index is 846. The first-order chi connectivity index (χ1) is 12.3. The third-order valence-corrected chi connectivity index (χ3v) is 3.95. The fraction of sp³-hybridized carbons (Fsp3) is 0.238. The predicted molar refractivity (Wildman–Crippen MR) is 102 cm³/mol. The lowest BCUT2D eigenvalue weighted by atomic mass is 10.1. The molecule has 0 amide bonds. The van der Waals surface area contributed by atoms with Crippen LogP contribution in [0.4, 0.5) is 0 Å². The van der Waals surface area contributed by atoms with E-state index in [1.165, 1.54) is 5.56 Å². The molecule has 3 rings (SSSR count). The molecule has 2 heterocycles. The van der Waals surface area contributed by atoms with Crippen LogP contribution in [0.1, 0.15) is 16.8 Å². The van der Waals surface area contributed by atoms with Crippen LogP contribution >= 0.6 is 0 Å². The van der Waals surface area contributed by atoms with Gasteiger partial charge < -0.3 is 10.1 Å². The first-order valence-corrected chi connectivity index (χ1v) is 8.51. The summed E-state index contributed by atoms with van der Waals surface area (Å²) in [5, 5.41) is 4.59. The molecular weight excluding hydrogens is 310 g/mol. The number of aromatic nitrogens is 2. The maximum absolute atomic E-state index is 5.76. The average molecular weight is 333 g/mol. The zero-order valence-electron chi connectivity index (χ0n) is 14.5. The Hall–Kier alpha value is -2.72. The molecule has 4 nitrogen and oxygen atoms in total. The monoisotopic (exact) mass is 333 g/mol. The number of benzene rings is 1. The quantitative estimate of drug-likeness (QED) is 0.503. The van der Waals surface area contributed by atoms with Gasteiger partial charge in [-0.15, -0.1) is 0 Å². The molecule has 0 saturated carbocycles. The van der Waals surface area contributed by atoms with Crippen LogP contribution in [-0.2, 0) is 13.0 Å². The van der Waals surface area contributed by atoms with Crippen LogP contribution in [0.5, 0.6) is 5.88 Å². The van der Waals surface area contributed by atoms with Crippen molar-refractivity contribution in [3.8, 4) is 5.88 Å². The maximum atomic E-state index is 5.76. The van der Waals surface area contributed by atoms with E-state index in [9.17, 15) is 0 Å². The number of fused-ring (bicyclic) bond motifs is 1. The summed E-state index contributed by atoms with van der Waals surface area (Å²) in [4.78, 5) is 9.01. The van der Waals surface area contributed by atoms with Crippen molar-refractivity contribution in [1.82, 2.24) is 15.3 Å². The van der Waals surface area contributed by atoms with Crippen LogP contribution in [0.2, 0.25) is 0 Å². The smallest absolute Gasteiger partial charge is 0.218 e. The molecule has 0 aliphatic carbocycles. The molecule has 0 aliphatic rings. The molecule has 0 saturated heterocycles. The van der Waals surface area contributed by atoms with Gasteiger partial charge in [0.15, 0.2) is 0 Å². The molecule has 0 bridgehead atoms. The van der Waals surface area contributed by atoms with Crippen molar-refractivity contribution >= 4 is 10.9 Å². The van der Waals surface area contributed by atoms with Crippen LogP contribution in [0, 0.1) is 6.92 Å². The number of hydrogen-bond acceptors (Lipinski definition) is 4. The van der Waals surface area contributed by atoms with E-state index in [-0.39, 0.29) is 0 Å². The van der Waals surface area contributed by atoms with Crippen LogP contribution in [0.3, 0.4) is 0 Å². The van der Waals surface area contributed by atoms with E-state index < -0.39 is 0 Å². The van der Waals surface area contributed by atoms with Crippen molar-refractivity contribution in [3.05, 3.63) is 78.1 Å². The second-order valence-electron chi connectivity index (χ2n) is 6.00. The summed E-state index contributed by atoms with van der Waals surface area (Å²) in [6, 6.07) is 14.4. The van der Waals surface area contributed by atoms with Crippen molar-refractivity contribution in [1.29, 1.82) is 0 Å². The summed E-state index contributed by atoms with van der Waals surface area (Å²) >= 11 is 0. The molecule has 1 aromatic carbocycles. The lowest BCUT2D eigenvalue weighted by Gasteiger charge is -2.12. The first-order valence-electron chi connectivity index (χ1n) is 8.51. The molecule has 4 heteroatoms. The molecule has 25 heavy (non-hydrogen) atoms. The minimum atomic E-state index is 0.450. The summed E-state index contributed by atoms with van der Waals surface area (Å²) in [7, 11) is 0.